The van der Waals surface area contributed by atoms with Gasteiger partial charge in [0, 0.05) is 68.6 Å². The molecule has 27 heteroatoms. The van der Waals surface area contributed by atoms with Crippen molar-refractivity contribution in [3.8, 4) is 22.5 Å². The molecule has 6 aromatic carbocycles. The molecule has 0 unspecified atom stereocenters. The summed E-state index contributed by atoms with van der Waals surface area (Å²) in [6.07, 6.45) is 10.8. The van der Waals surface area contributed by atoms with Crippen LogP contribution >= 0.6 is 80.7 Å². The molecule has 4 N–H and O–H groups in total. The van der Waals surface area contributed by atoms with Gasteiger partial charge in [-0.3, -0.25) is 23.6 Å². The number of rotatable bonds is 9. The summed E-state index contributed by atoms with van der Waals surface area (Å²) in [5.41, 5.74) is 3.51. The van der Waals surface area contributed by atoms with Crippen molar-refractivity contribution in [3.05, 3.63) is 280 Å². The molecular formula is C68H72BCl4IN12O6P2Pd. The van der Waals surface area contributed by atoms with Crippen molar-refractivity contribution in [2.45, 2.75) is 46.3 Å². The number of nitrogens with one attached hydrogen (secondary N) is 1. The van der Waals surface area contributed by atoms with Crippen molar-refractivity contribution < 1.29 is 40.6 Å². The van der Waals surface area contributed by atoms with Crippen LogP contribution in [0.4, 0.5) is 0 Å². The van der Waals surface area contributed by atoms with Gasteiger partial charge in [0.1, 0.15) is 3.70 Å². The first-order chi connectivity index (χ1) is 44.8. The van der Waals surface area contributed by atoms with Gasteiger partial charge >= 0.3 is 42.1 Å². The minimum absolute atomic E-state index is 0. The Labute approximate surface area is 597 Å². The van der Waals surface area contributed by atoms with Crippen LogP contribution in [0.5, 0.6) is 0 Å². The van der Waals surface area contributed by atoms with Crippen molar-refractivity contribution in [3.63, 3.8) is 0 Å². The third-order valence-corrected chi connectivity index (χ3v) is 19.1. The van der Waals surface area contributed by atoms with Gasteiger partial charge in [0.2, 0.25) is 0 Å². The second kappa shape index (κ2) is 42.4. The average Bonchev–Trinajstić information content (AvgIpc) is 1.70. The molecule has 7 heterocycles. The van der Waals surface area contributed by atoms with Crippen LogP contribution in [0, 0.1) is 3.70 Å². The molecule has 1 aliphatic rings. The summed E-state index contributed by atoms with van der Waals surface area (Å²) >= 11 is 13.0. The molecule has 498 valence electrons. The number of nitrogens with zero attached hydrogens (tertiary/aromatic N) is 11. The third kappa shape index (κ3) is 26.7. The Morgan fingerprint density at radius 2 is 0.821 bits per heavy atom. The molecule has 0 saturated carbocycles. The summed E-state index contributed by atoms with van der Waals surface area (Å²) in [6.45, 7) is 7.93. The fourth-order valence-corrected chi connectivity index (χ4v) is 13.4. The van der Waals surface area contributed by atoms with E-state index in [1.165, 1.54) is 37.9 Å². The zero-order valence-electron chi connectivity index (χ0n) is 52.0. The van der Waals surface area contributed by atoms with E-state index in [9.17, 15) is 4.79 Å². The van der Waals surface area contributed by atoms with Crippen LogP contribution < -0.4 is 42.8 Å². The molecule has 0 atom stereocenters. The number of aryl methyl sites for hydroxylation is 3. The largest absolute Gasteiger partial charge is 0.0622 e. The van der Waals surface area contributed by atoms with Crippen LogP contribution in [0.1, 0.15) is 35.1 Å². The summed E-state index contributed by atoms with van der Waals surface area (Å²) in [5.74, 6) is 0. The molecule has 95 heavy (non-hydrogen) atoms. The molecule has 1 fully saturated rings. The second-order valence-electron chi connectivity index (χ2n) is 20.4. The van der Waals surface area contributed by atoms with Crippen molar-refractivity contribution in [1.82, 2.24) is 59.9 Å². The normalized spacial score (nSPS) is 11.9. The summed E-state index contributed by atoms with van der Waals surface area (Å²) in [5, 5.41) is 49.4. The van der Waals surface area contributed by atoms with Gasteiger partial charge in [-0.05, 0) is 128 Å². The van der Waals surface area contributed by atoms with Crippen LogP contribution in [0.15, 0.2) is 260 Å². The van der Waals surface area contributed by atoms with Gasteiger partial charge in [-0.15, -0.1) is 20.4 Å². The minimum atomic E-state index is -0.446. The Bertz CT molecular complexity index is 3750. The Morgan fingerprint density at radius 3 is 1.08 bits per heavy atom. The standard InChI is InChI=1S/2C18H15P.C10H17BN2O2.C8H7ClN4.C8H8N4O.C4H2ClIN2.CH2O2.CH4.2ClH.H2O.Pd/c2*1-4-10-16(11-5-1)19(17-12-6-2-7-13-17)18-14-8-3-9-15-18;1-9(2)10(3,4)15-11(14-9)8-6-12-13(5)7-8;1-13-5-6(4-10-13)7-2-3-8(9)12-11-7;1-12-5-6(4-9-12)7-2-3-8(13)11-10-7;5-3-1-2-4(6)8-7-3;2-1-3;;;;;/h2*1-15H;6-7H,1-5H3;2-5H,1H3;2-5H,1H3,(H,11,13);1-2H;1H,(H,2,3);1H4;2*1H;1H2;/q;;;;;;;;;;;+2/p-2. The van der Waals surface area contributed by atoms with Gasteiger partial charge in [-0.25, -0.2) is 5.10 Å². The Balaban J connectivity index is 0.000000241. The summed E-state index contributed by atoms with van der Waals surface area (Å²) in [4.78, 5) is 19.1. The maximum atomic E-state index is 10.7. The fourth-order valence-electron chi connectivity index (χ4n) is 8.28. The van der Waals surface area contributed by atoms with E-state index in [0.717, 1.165) is 26.0 Å². The number of benzene rings is 6. The Morgan fingerprint density at radius 1 is 0.505 bits per heavy atom. The van der Waals surface area contributed by atoms with Crippen LogP contribution in [0.3, 0.4) is 0 Å². The van der Waals surface area contributed by atoms with E-state index in [-0.39, 0.29) is 59.2 Å². The summed E-state index contributed by atoms with van der Waals surface area (Å²) in [7, 11) is 14.0. The summed E-state index contributed by atoms with van der Waals surface area (Å²) < 4.78 is 17.8. The Hall–Kier alpha value is -7.18. The molecule has 18 nitrogen and oxygen atoms in total. The molecule has 0 spiro atoms. The number of hydrogen-bond donors (Lipinski definition) is 2. The van der Waals surface area contributed by atoms with Gasteiger partial charge in [-0.2, -0.15) is 20.4 Å². The second-order valence-corrected chi connectivity index (χ2v) is 29.1. The molecular weight excluding hydrogens is 1530 g/mol. The predicted molar refractivity (Wildman–Crippen MR) is 396 cm³/mol. The Kier molecular flexibility index (Phi) is 35.8. The van der Waals surface area contributed by atoms with E-state index < -0.39 is 15.8 Å². The number of H-pyrrole nitrogens is 1. The van der Waals surface area contributed by atoms with E-state index in [4.69, 9.17) is 61.5 Å². The number of hydrogen-bond acceptors (Lipinski definition) is 12. The minimum Gasteiger partial charge on any atom is -0.0622 e. The number of carbonyl (C=O) groups is 1. The fraction of sp³-hybridized carbons (Fsp3) is 0.147. The van der Waals surface area contributed by atoms with Crippen LogP contribution in [0.2, 0.25) is 10.3 Å². The molecule has 0 bridgehead atoms. The maximum Gasteiger partial charge on any atom is -0.0134 e. The number of aromatic nitrogens is 12. The van der Waals surface area contributed by atoms with Crippen molar-refractivity contribution in [2.24, 2.45) is 21.1 Å². The zero-order valence-corrected chi connectivity index (χ0v) is 60.5. The molecule has 0 aliphatic carbocycles. The van der Waals surface area contributed by atoms with E-state index in [2.05, 4.69) is 250 Å². The zero-order chi connectivity index (χ0) is 67.0. The SMILES string of the molecule is C.Clc1ccc(I)nn1.Cn1cc(-c2ccc(=O)[nH]n2)cn1.Cn1cc(-c2ccc(Cl)nn2)cn1.Cn1cc(B2OC(C)(C)C(C)(C)O2)cn1.O.O=CO.[Cl][Pd][Cl].c1ccc(P(c2ccccc2)c2ccccc2)cc1.c1ccc(P(c2ccccc2)c2ccccc2)cc1. The van der Waals surface area contributed by atoms with Gasteiger partial charge in [-0.1, -0.05) is 213 Å². The maximum absolute atomic E-state index is 10.7. The molecule has 0 radical (unpaired) electrons. The van der Waals surface area contributed by atoms with E-state index in [1.807, 2.05) is 73.5 Å². The first-order valence-electron chi connectivity index (χ1n) is 28.2. The molecule has 12 aromatic rings. The number of halogens is 5. The van der Waals surface area contributed by atoms with Crippen LogP contribution in [0.25, 0.3) is 22.5 Å². The molecule has 6 aromatic heterocycles. The van der Waals surface area contributed by atoms with Crippen LogP contribution in [-0.4, -0.2) is 95.3 Å². The predicted octanol–water partition coefficient (Wildman–Crippen LogP) is 11.9. The topological polar surface area (TPSA) is 238 Å². The van der Waals surface area contributed by atoms with Gasteiger partial charge in [0.05, 0.1) is 35.0 Å². The van der Waals surface area contributed by atoms with E-state index >= 15 is 0 Å². The average molecular weight is 1600 g/mol. The molecule has 1 aliphatic heterocycles. The molecule has 0 amide bonds. The van der Waals surface area contributed by atoms with E-state index in [1.54, 1.807) is 56.9 Å². The van der Waals surface area contributed by atoms with Crippen molar-refractivity contribution in [2.75, 3.05) is 0 Å². The quantitative estimate of drug-likeness (QED) is 0.0592. The van der Waals surface area contributed by atoms with Gasteiger partial charge < -0.3 is 19.9 Å². The molecule has 1 saturated heterocycles. The third-order valence-electron chi connectivity index (χ3n) is 13.2. The first-order valence-corrected chi connectivity index (χ1v) is 36.7. The first kappa shape index (κ1) is 80.3. The monoisotopic (exact) mass is 1600 g/mol. The number of aromatic amines is 1. The van der Waals surface area contributed by atoms with Crippen molar-refractivity contribution >= 4 is 132 Å². The smallest absolute Gasteiger partial charge is 0.0134 e. The van der Waals surface area contributed by atoms with Crippen LogP contribution in [-0.2, 0) is 51.2 Å². The van der Waals surface area contributed by atoms with Gasteiger partial charge in [0.25, 0.3) is 12.0 Å². The summed E-state index contributed by atoms with van der Waals surface area (Å²) in [6, 6.07) is 74.8. The molecule has 13 rings (SSSR count). The van der Waals surface area contributed by atoms with E-state index in [0.29, 0.717) is 16.0 Å². The van der Waals surface area contributed by atoms with Crippen molar-refractivity contribution in [1.29, 1.82) is 0 Å². The van der Waals surface area contributed by atoms with Gasteiger partial charge in [0.15, 0.2) is 10.3 Å². The number of carboxylic acid groups (broad SMARTS) is 1.